The van der Waals surface area contributed by atoms with Gasteiger partial charge in [0, 0.05) is 11.6 Å². The van der Waals surface area contributed by atoms with Crippen molar-refractivity contribution in [3.63, 3.8) is 0 Å². The van der Waals surface area contributed by atoms with E-state index in [9.17, 15) is 9.18 Å². The van der Waals surface area contributed by atoms with Gasteiger partial charge in [0.25, 0.3) is 0 Å². The minimum atomic E-state index is -0.875. The number of esters is 1. The fourth-order valence-electron chi connectivity index (χ4n) is 1.38. The summed E-state index contributed by atoms with van der Waals surface area (Å²) in [5.74, 6) is -1.09. The highest BCUT2D eigenvalue weighted by atomic mass is 35.5. The molecule has 0 aliphatic heterocycles. The highest BCUT2D eigenvalue weighted by Crippen LogP contribution is 2.32. The van der Waals surface area contributed by atoms with Gasteiger partial charge in [-0.15, -0.1) is 12.4 Å². The van der Waals surface area contributed by atoms with E-state index in [0.717, 1.165) is 6.07 Å². The van der Waals surface area contributed by atoms with E-state index in [1.807, 2.05) is 0 Å². The molecule has 0 saturated carbocycles. The first-order chi connectivity index (χ1) is 7.97. The Balaban J connectivity index is 0.00000289. The summed E-state index contributed by atoms with van der Waals surface area (Å²) < 4.78 is 18.3. The standard InChI is InChI=1S/C11H12Cl2FNO2.ClH/c1-2-17-9(16)5-8(15)10-7(14)4-3-6(12)11(10)13;/h3-4,8H,2,5,15H2,1H3;1H/t8-;/m0./s1. The van der Waals surface area contributed by atoms with Crippen molar-refractivity contribution in [2.75, 3.05) is 6.61 Å². The zero-order chi connectivity index (χ0) is 13.0. The van der Waals surface area contributed by atoms with E-state index < -0.39 is 17.8 Å². The molecule has 1 atom stereocenters. The van der Waals surface area contributed by atoms with Crippen LogP contribution in [0.5, 0.6) is 0 Å². The van der Waals surface area contributed by atoms with Crippen LogP contribution in [0.15, 0.2) is 12.1 Å². The van der Waals surface area contributed by atoms with Crippen LogP contribution in [0.2, 0.25) is 10.0 Å². The molecule has 1 rings (SSSR count). The third kappa shape index (κ3) is 4.28. The number of benzene rings is 1. The largest absolute Gasteiger partial charge is 0.466 e. The number of hydrogen-bond donors (Lipinski definition) is 1. The molecule has 0 aromatic heterocycles. The average molecular weight is 317 g/mol. The maximum atomic E-state index is 13.5. The monoisotopic (exact) mass is 315 g/mol. The molecule has 0 unspecified atom stereocenters. The average Bonchev–Trinajstić information content (AvgIpc) is 2.24. The second kappa shape index (κ2) is 7.79. The summed E-state index contributed by atoms with van der Waals surface area (Å²) in [5, 5.41) is 0.228. The Morgan fingerprint density at radius 3 is 2.67 bits per heavy atom. The number of carbonyl (C=O) groups is 1. The van der Waals surface area contributed by atoms with Gasteiger partial charge in [-0.3, -0.25) is 4.79 Å². The van der Waals surface area contributed by atoms with Crippen LogP contribution in [-0.4, -0.2) is 12.6 Å². The Hall–Kier alpha value is -0.550. The molecule has 0 aliphatic carbocycles. The zero-order valence-corrected chi connectivity index (χ0v) is 11.9. The summed E-state index contributed by atoms with van der Waals surface area (Å²) in [4.78, 5) is 11.2. The number of carbonyl (C=O) groups excluding carboxylic acids is 1. The van der Waals surface area contributed by atoms with Crippen LogP contribution in [0.25, 0.3) is 0 Å². The first kappa shape index (κ1) is 17.4. The van der Waals surface area contributed by atoms with Gasteiger partial charge in [0.05, 0.1) is 23.1 Å². The lowest BCUT2D eigenvalue weighted by Crippen LogP contribution is -2.19. The van der Waals surface area contributed by atoms with Crippen LogP contribution in [0.3, 0.4) is 0 Å². The van der Waals surface area contributed by atoms with Crippen LogP contribution in [0, 0.1) is 5.82 Å². The molecule has 0 bridgehead atoms. The zero-order valence-electron chi connectivity index (χ0n) is 9.58. The lowest BCUT2D eigenvalue weighted by molar-refractivity contribution is -0.143. The van der Waals surface area contributed by atoms with Crippen LogP contribution in [-0.2, 0) is 9.53 Å². The van der Waals surface area contributed by atoms with E-state index in [0.29, 0.717) is 0 Å². The number of rotatable bonds is 4. The van der Waals surface area contributed by atoms with Crippen molar-refractivity contribution in [3.8, 4) is 0 Å². The predicted molar refractivity (Wildman–Crippen MR) is 71.8 cm³/mol. The fourth-order valence-corrected chi connectivity index (χ4v) is 1.84. The quantitative estimate of drug-likeness (QED) is 0.683. The Morgan fingerprint density at radius 1 is 1.50 bits per heavy atom. The third-order valence-corrected chi connectivity index (χ3v) is 2.96. The predicted octanol–water partition coefficient (Wildman–Crippen LogP) is 3.51. The highest BCUT2D eigenvalue weighted by Gasteiger charge is 2.20. The van der Waals surface area contributed by atoms with Crippen molar-refractivity contribution in [2.45, 2.75) is 19.4 Å². The number of nitrogens with two attached hydrogens (primary N) is 1. The first-order valence-corrected chi connectivity index (χ1v) is 5.77. The lowest BCUT2D eigenvalue weighted by atomic mass is 10.0. The molecule has 0 spiro atoms. The molecule has 0 amide bonds. The fraction of sp³-hybridized carbons (Fsp3) is 0.364. The molecular formula is C11H13Cl3FNO2. The molecule has 0 saturated heterocycles. The Kier molecular flexibility index (Phi) is 7.55. The SMILES string of the molecule is CCOC(=O)C[C@H](N)c1c(F)ccc(Cl)c1Cl.Cl. The van der Waals surface area contributed by atoms with Gasteiger partial charge in [0.1, 0.15) is 5.82 Å². The Labute approximate surface area is 121 Å². The Morgan fingerprint density at radius 2 is 2.11 bits per heavy atom. The van der Waals surface area contributed by atoms with E-state index in [2.05, 4.69) is 0 Å². The highest BCUT2D eigenvalue weighted by molar-refractivity contribution is 6.42. The van der Waals surface area contributed by atoms with Crippen LogP contribution >= 0.6 is 35.6 Å². The van der Waals surface area contributed by atoms with Crippen molar-refractivity contribution in [1.82, 2.24) is 0 Å². The van der Waals surface area contributed by atoms with E-state index in [1.54, 1.807) is 6.92 Å². The molecule has 2 N–H and O–H groups in total. The van der Waals surface area contributed by atoms with Crippen molar-refractivity contribution in [1.29, 1.82) is 0 Å². The second-order valence-electron chi connectivity index (χ2n) is 3.37. The van der Waals surface area contributed by atoms with Crippen molar-refractivity contribution < 1.29 is 13.9 Å². The van der Waals surface area contributed by atoms with Gasteiger partial charge in [0.15, 0.2) is 0 Å². The van der Waals surface area contributed by atoms with Crippen molar-refractivity contribution >= 4 is 41.6 Å². The normalized spacial score (nSPS) is 11.6. The van der Waals surface area contributed by atoms with E-state index >= 15 is 0 Å². The summed E-state index contributed by atoms with van der Waals surface area (Å²) in [6.45, 7) is 1.92. The Bertz CT molecular complexity index is 429. The summed E-state index contributed by atoms with van der Waals surface area (Å²) in [7, 11) is 0. The minimum Gasteiger partial charge on any atom is -0.466 e. The molecule has 7 heteroatoms. The number of ether oxygens (including phenoxy) is 1. The number of hydrogen-bond acceptors (Lipinski definition) is 3. The lowest BCUT2D eigenvalue weighted by Gasteiger charge is -2.14. The summed E-state index contributed by atoms with van der Waals surface area (Å²) >= 11 is 11.6. The van der Waals surface area contributed by atoms with E-state index in [-0.39, 0.29) is 41.0 Å². The van der Waals surface area contributed by atoms with Crippen LogP contribution < -0.4 is 5.73 Å². The first-order valence-electron chi connectivity index (χ1n) is 5.02. The van der Waals surface area contributed by atoms with Gasteiger partial charge >= 0.3 is 5.97 Å². The van der Waals surface area contributed by atoms with Crippen LogP contribution in [0.4, 0.5) is 4.39 Å². The smallest absolute Gasteiger partial charge is 0.307 e. The maximum absolute atomic E-state index is 13.5. The molecule has 0 radical (unpaired) electrons. The van der Waals surface area contributed by atoms with Crippen LogP contribution in [0.1, 0.15) is 24.9 Å². The topological polar surface area (TPSA) is 52.3 Å². The minimum absolute atomic E-state index is 0. The molecular weight excluding hydrogens is 303 g/mol. The van der Waals surface area contributed by atoms with Gasteiger partial charge in [-0.1, -0.05) is 23.2 Å². The van der Waals surface area contributed by atoms with Gasteiger partial charge in [-0.2, -0.15) is 0 Å². The van der Waals surface area contributed by atoms with Crippen molar-refractivity contribution in [2.24, 2.45) is 5.73 Å². The molecule has 1 aromatic carbocycles. The van der Waals surface area contributed by atoms with E-state index in [4.69, 9.17) is 33.7 Å². The summed E-state index contributed by atoms with van der Waals surface area (Å²) in [6, 6.07) is 1.62. The molecule has 3 nitrogen and oxygen atoms in total. The molecule has 0 heterocycles. The van der Waals surface area contributed by atoms with Gasteiger partial charge < -0.3 is 10.5 Å². The molecule has 18 heavy (non-hydrogen) atoms. The second-order valence-corrected chi connectivity index (χ2v) is 4.16. The van der Waals surface area contributed by atoms with Gasteiger partial charge in [-0.05, 0) is 19.1 Å². The molecule has 102 valence electrons. The molecule has 0 fully saturated rings. The molecule has 0 aliphatic rings. The summed E-state index contributed by atoms with van der Waals surface area (Å²) in [6.07, 6.45) is -0.148. The molecule has 1 aromatic rings. The maximum Gasteiger partial charge on any atom is 0.307 e. The van der Waals surface area contributed by atoms with E-state index in [1.165, 1.54) is 6.07 Å². The third-order valence-electron chi connectivity index (χ3n) is 2.14. The van der Waals surface area contributed by atoms with Crippen molar-refractivity contribution in [3.05, 3.63) is 33.6 Å². The summed E-state index contributed by atoms with van der Waals surface area (Å²) in [5.41, 5.74) is 5.75. The number of halogens is 4. The van der Waals surface area contributed by atoms with Gasteiger partial charge in [-0.25, -0.2) is 4.39 Å². The van der Waals surface area contributed by atoms with Gasteiger partial charge in [0.2, 0.25) is 0 Å².